The van der Waals surface area contributed by atoms with Crippen molar-refractivity contribution in [3.8, 4) is 0 Å². The Morgan fingerprint density at radius 1 is 1.00 bits per heavy atom. The van der Waals surface area contributed by atoms with Crippen LogP contribution in [-0.2, 0) is 0 Å². The summed E-state index contributed by atoms with van der Waals surface area (Å²) < 4.78 is 0. The molecule has 0 radical (unpaired) electrons. The molecule has 0 saturated carbocycles. The fourth-order valence-electron chi connectivity index (χ4n) is 2.52. The van der Waals surface area contributed by atoms with Gasteiger partial charge in [-0.3, -0.25) is 4.90 Å². The minimum Gasteiger partial charge on any atom is -0.297 e. The average Bonchev–Trinajstić information content (AvgIpc) is 2.81. The van der Waals surface area contributed by atoms with Crippen LogP contribution in [-0.4, -0.2) is 18.0 Å². The maximum atomic E-state index is 2.60. The first-order valence-electron chi connectivity index (χ1n) is 6.52. The van der Waals surface area contributed by atoms with Crippen molar-refractivity contribution in [2.75, 3.05) is 13.1 Å². The maximum absolute atomic E-state index is 2.60. The Bertz CT molecular complexity index is 337. The SMILES string of the molecule is CC(C)c1cccc(C(C)N2CCCC2)c1. The number of benzene rings is 1. The molecule has 1 aliphatic heterocycles. The summed E-state index contributed by atoms with van der Waals surface area (Å²) in [6.07, 6.45) is 2.74. The van der Waals surface area contributed by atoms with Crippen LogP contribution in [0.3, 0.4) is 0 Å². The summed E-state index contributed by atoms with van der Waals surface area (Å²) in [7, 11) is 0. The van der Waals surface area contributed by atoms with E-state index in [1.165, 1.54) is 37.1 Å². The molecule has 88 valence electrons. The lowest BCUT2D eigenvalue weighted by Crippen LogP contribution is -2.23. The second-order valence-corrected chi connectivity index (χ2v) is 5.24. The van der Waals surface area contributed by atoms with Crippen molar-refractivity contribution >= 4 is 0 Å². The topological polar surface area (TPSA) is 3.24 Å². The smallest absolute Gasteiger partial charge is 0.0319 e. The van der Waals surface area contributed by atoms with Crippen LogP contribution in [0, 0.1) is 0 Å². The van der Waals surface area contributed by atoms with Crippen molar-refractivity contribution in [2.45, 2.75) is 45.6 Å². The summed E-state index contributed by atoms with van der Waals surface area (Å²) in [4.78, 5) is 2.60. The van der Waals surface area contributed by atoms with Gasteiger partial charge in [0.05, 0.1) is 0 Å². The highest BCUT2D eigenvalue weighted by Crippen LogP contribution is 2.26. The molecule has 1 aromatic rings. The predicted molar refractivity (Wildman–Crippen MR) is 69.8 cm³/mol. The summed E-state index contributed by atoms with van der Waals surface area (Å²) in [6.45, 7) is 9.41. The Morgan fingerprint density at radius 3 is 2.25 bits per heavy atom. The molecule has 1 heteroatoms. The third kappa shape index (κ3) is 2.46. The van der Waals surface area contributed by atoms with Gasteiger partial charge in [-0.15, -0.1) is 0 Å². The lowest BCUT2D eigenvalue weighted by atomic mass is 9.98. The van der Waals surface area contributed by atoms with Gasteiger partial charge in [0.2, 0.25) is 0 Å². The van der Waals surface area contributed by atoms with Crippen molar-refractivity contribution in [1.29, 1.82) is 0 Å². The molecule has 2 rings (SSSR count). The lowest BCUT2D eigenvalue weighted by Gasteiger charge is -2.24. The first kappa shape index (κ1) is 11.7. The Hall–Kier alpha value is -0.820. The van der Waals surface area contributed by atoms with Gasteiger partial charge in [0, 0.05) is 6.04 Å². The number of likely N-dealkylation sites (tertiary alicyclic amines) is 1. The highest BCUT2D eigenvalue weighted by Gasteiger charge is 2.19. The lowest BCUT2D eigenvalue weighted by molar-refractivity contribution is 0.263. The Kier molecular flexibility index (Phi) is 3.65. The molecule has 1 aliphatic rings. The van der Waals surface area contributed by atoms with Crippen LogP contribution in [0.4, 0.5) is 0 Å². The monoisotopic (exact) mass is 217 g/mol. The second-order valence-electron chi connectivity index (χ2n) is 5.24. The van der Waals surface area contributed by atoms with E-state index >= 15 is 0 Å². The summed E-state index contributed by atoms with van der Waals surface area (Å²) in [5.41, 5.74) is 2.94. The first-order chi connectivity index (χ1) is 7.68. The second kappa shape index (κ2) is 5.01. The molecule has 1 nitrogen and oxygen atoms in total. The predicted octanol–water partition coefficient (Wildman–Crippen LogP) is 3.97. The van der Waals surface area contributed by atoms with Crippen molar-refractivity contribution in [3.05, 3.63) is 35.4 Å². The van der Waals surface area contributed by atoms with E-state index in [0.717, 1.165) is 0 Å². The van der Waals surface area contributed by atoms with Crippen LogP contribution in [0.2, 0.25) is 0 Å². The molecule has 1 fully saturated rings. The van der Waals surface area contributed by atoms with Crippen molar-refractivity contribution < 1.29 is 0 Å². The quantitative estimate of drug-likeness (QED) is 0.740. The van der Waals surface area contributed by atoms with E-state index in [4.69, 9.17) is 0 Å². The number of hydrogen-bond donors (Lipinski definition) is 0. The number of hydrogen-bond acceptors (Lipinski definition) is 1. The Labute approximate surface area is 99.5 Å². The number of rotatable bonds is 3. The molecular formula is C15H23N. The standard InChI is InChI=1S/C15H23N/c1-12(2)14-7-6-8-15(11-14)13(3)16-9-4-5-10-16/h6-8,11-13H,4-5,9-10H2,1-3H3. The van der Waals surface area contributed by atoms with E-state index in [9.17, 15) is 0 Å². The van der Waals surface area contributed by atoms with Crippen LogP contribution < -0.4 is 0 Å². The molecule has 0 aromatic heterocycles. The highest BCUT2D eigenvalue weighted by atomic mass is 15.2. The summed E-state index contributed by atoms with van der Waals surface area (Å²) in [5, 5.41) is 0. The van der Waals surface area contributed by atoms with Crippen LogP contribution in [0.5, 0.6) is 0 Å². The van der Waals surface area contributed by atoms with Crippen LogP contribution in [0.25, 0.3) is 0 Å². The van der Waals surface area contributed by atoms with Crippen molar-refractivity contribution in [2.24, 2.45) is 0 Å². The normalized spacial score (nSPS) is 19.2. The van der Waals surface area contributed by atoms with E-state index in [2.05, 4.69) is 49.9 Å². The molecule has 0 N–H and O–H groups in total. The fourth-order valence-corrected chi connectivity index (χ4v) is 2.52. The van der Waals surface area contributed by atoms with Crippen molar-refractivity contribution in [3.63, 3.8) is 0 Å². The van der Waals surface area contributed by atoms with Crippen molar-refractivity contribution in [1.82, 2.24) is 4.90 Å². The largest absolute Gasteiger partial charge is 0.297 e. The highest BCUT2D eigenvalue weighted by molar-refractivity contribution is 5.27. The molecular weight excluding hydrogens is 194 g/mol. The van der Waals surface area contributed by atoms with E-state index < -0.39 is 0 Å². The minimum absolute atomic E-state index is 0.584. The van der Waals surface area contributed by atoms with E-state index in [-0.39, 0.29) is 0 Å². The van der Waals surface area contributed by atoms with Crippen LogP contribution in [0.15, 0.2) is 24.3 Å². The van der Waals surface area contributed by atoms with Crippen LogP contribution in [0.1, 0.15) is 56.7 Å². The summed E-state index contributed by atoms with van der Waals surface area (Å²) in [5.74, 6) is 0.630. The summed E-state index contributed by atoms with van der Waals surface area (Å²) >= 11 is 0. The van der Waals surface area contributed by atoms with E-state index in [1.807, 2.05) is 0 Å². The van der Waals surface area contributed by atoms with Gasteiger partial charge in [-0.2, -0.15) is 0 Å². The minimum atomic E-state index is 0.584. The molecule has 0 bridgehead atoms. The zero-order valence-electron chi connectivity index (χ0n) is 10.7. The van der Waals surface area contributed by atoms with Gasteiger partial charge in [-0.05, 0) is 49.9 Å². The van der Waals surface area contributed by atoms with Gasteiger partial charge in [-0.25, -0.2) is 0 Å². The zero-order chi connectivity index (χ0) is 11.5. The molecule has 1 saturated heterocycles. The molecule has 16 heavy (non-hydrogen) atoms. The van der Waals surface area contributed by atoms with Gasteiger partial charge in [0.15, 0.2) is 0 Å². The van der Waals surface area contributed by atoms with Gasteiger partial charge in [0.1, 0.15) is 0 Å². The third-order valence-electron chi connectivity index (χ3n) is 3.75. The molecule has 1 unspecified atom stereocenters. The fraction of sp³-hybridized carbons (Fsp3) is 0.600. The molecule has 0 amide bonds. The number of nitrogens with zero attached hydrogens (tertiary/aromatic N) is 1. The molecule has 0 aliphatic carbocycles. The summed E-state index contributed by atoms with van der Waals surface area (Å²) in [6, 6.07) is 9.69. The average molecular weight is 217 g/mol. The van der Waals surface area contributed by atoms with Gasteiger partial charge < -0.3 is 0 Å². The first-order valence-corrected chi connectivity index (χ1v) is 6.52. The molecule has 0 spiro atoms. The Balaban J connectivity index is 2.15. The third-order valence-corrected chi connectivity index (χ3v) is 3.75. The van der Waals surface area contributed by atoms with Gasteiger partial charge in [0.25, 0.3) is 0 Å². The molecule has 1 atom stereocenters. The van der Waals surface area contributed by atoms with E-state index in [1.54, 1.807) is 0 Å². The van der Waals surface area contributed by atoms with E-state index in [0.29, 0.717) is 12.0 Å². The Morgan fingerprint density at radius 2 is 1.62 bits per heavy atom. The molecule has 1 heterocycles. The van der Waals surface area contributed by atoms with Crippen LogP contribution >= 0.6 is 0 Å². The molecule has 1 aromatic carbocycles. The maximum Gasteiger partial charge on any atom is 0.0319 e. The van der Waals surface area contributed by atoms with Gasteiger partial charge in [-0.1, -0.05) is 38.1 Å². The zero-order valence-corrected chi connectivity index (χ0v) is 10.7. The van der Waals surface area contributed by atoms with Gasteiger partial charge >= 0.3 is 0 Å².